The number of unbranched alkanes of at least 4 members (excludes halogenated alkanes) is 2. The van der Waals surface area contributed by atoms with Gasteiger partial charge in [0, 0.05) is 31.5 Å². The van der Waals surface area contributed by atoms with Crippen LogP contribution >= 0.6 is 0 Å². The Morgan fingerprint density at radius 1 is 1.17 bits per heavy atom. The number of imidazole rings is 1. The molecule has 0 saturated heterocycles. The number of primary amides is 1. The van der Waals surface area contributed by atoms with Gasteiger partial charge in [0.2, 0.25) is 0 Å². The molecule has 2 N–H and O–H groups in total. The van der Waals surface area contributed by atoms with Crippen LogP contribution in [0.5, 0.6) is 0 Å². The average molecular weight is 401 g/mol. The van der Waals surface area contributed by atoms with Crippen LogP contribution in [0.25, 0.3) is 0 Å². The number of rotatable bonds is 11. The summed E-state index contributed by atoms with van der Waals surface area (Å²) < 4.78 is 2.13. The summed E-state index contributed by atoms with van der Waals surface area (Å²) in [6, 6.07) is 0.0157. The van der Waals surface area contributed by atoms with E-state index in [1.165, 1.54) is 51.4 Å². The van der Waals surface area contributed by atoms with E-state index in [1.54, 1.807) is 0 Å². The minimum atomic E-state index is -0.234. The zero-order valence-corrected chi connectivity index (χ0v) is 18.3. The first-order valence-electron chi connectivity index (χ1n) is 12.1. The third-order valence-electron chi connectivity index (χ3n) is 8.18. The number of amides is 2. The summed E-state index contributed by atoms with van der Waals surface area (Å²) in [5.41, 5.74) is 6.44. The topological polar surface area (TPSA) is 64.2 Å². The van der Waals surface area contributed by atoms with E-state index in [9.17, 15) is 4.79 Å². The van der Waals surface area contributed by atoms with Gasteiger partial charge in [-0.3, -0.25) is 0 Å². The number of hydrogen-bond donors (Lipinski definition) is 1. The molecule has 1 aromatic heterocycles. The van der Waals surface area contributed by atoms with Crippen LogP contribution in [0.2, 0.25) is 0 Å². The van der Waals surface area contributed by atoms with Crippen molar-refractivity contribution in [2.24, 2.45) is 28.9 Å². The Kier molecular flexibility index (Phi) is 6.50. The molecular weight excluding hydrogens is 360 g/mol. The lowest BCUT2D eigenvalue weighted by Gasteiger charge is -2.57. The van der Waals surface area contributed by atoms with Gasteiger partial charge in [-0.15, -0.1) is 0 Å². The zero-order chi connectivity index (χ0) is 20.3. The zero-order valence-electron chi connectivity index (χ0n) is 18.3. The van der Waals surface area contributed by atoms with E-state index in [0.29, 0.717) is 5.41 Å². The molecule has 0 spiro atoms. The molecule has 1 unspecified atom stereocenters. The highest BCUT2D eigenvalue weighted by molar-refractivity contribution is 5.72. The number of aromatic nitrogens is 2. The first-order chi connectivity index (χ1) is 14.1. The molecule has 1 atom stereocenters. The second-order valence-corrected chi connectivity index (χ2v) is 10.4. The first kappa shape index (κ1) is 20.7. The maximum Gasteiger partial charge on any atom is 0.315 e. The lowest BCUT2D eigenvalue weighted by Crippen LogP contribution is -2.48. The number of nitrogens with two attached hydrogens (primary N) is 1. The van der Waals surface area contributed by atoms with Gasteiger partial charge in [0.15, 0.2) is 0 Å². The van der Waals surface area contributed by atoms with E-state index in [0.717, 1.165) is 56.5 Å². The summed E-state index contributed by atoms with van der Waals surface area (Å²) in [5.74, 6) is 2.97. The van der Waals surface area contributed by atoms with E-state index < -0.39 is 0 Å². The molecule has 4 bridgehead atoms. The second kappa shape index (κ2) is 9.09. The molecule has 162 valence electrons. The Labute approximate surface area is 176 Å². The van der Waals surface area contributed by atoms with Gasteiger partial charge in [0.05, 0.1) is 6.33 Å². The van der Waals surface area contributed by atoms with Crippen LogP contribution in [0.1, 0.15) is 84.0 Å². The summed E-state index contributed by atoms with van der Waals surface area (Å²) >= 11 is 0. The van der Waals surface area contributed by atoms with Crippen molar-refractivity contribution in [3.05, 3.63) is 18.7 Å². The lowest BCUT2D eigenvalue weighted by molar-refractivity contribution is -0.0607. The fraction of sp³-hybridized carbons (Fsp3) is 0.833. The quantitative estimate of drug-likeness (QED) is 0.518. The Morgan fingerprint density at radius 2 is 1.86 bits per heavy atom. The van der Waals surface area contributed by atoms with Crippen LogP contribution in [0.4, 0.5) is 4.79 Å². The minimum Gasteiger partial charge on any atom is -0.351 e. The Balaban J connectivity index is 1.41. The molecule has 4 fully saturated rings. The Morgan fingerprint density at radius 3 is 2.41 bits per heavy atom. The molecule has 0 aliphatic heterocycles. The molecule has 1 aromatic rings. The van der Waals surface area contributed by atoms with Crippen LogP contribution < -0.4 is 5.73 Å². The molecule has 4 aliphatic carbocycles. The second-order valence-electron chi connectivity index (χ2n) is 10.4. The van der Waals surface area contributed by atoms with Crippen LogP contribution in [0.15, 0.2) is 18.7 Å². The number of nitrogens with zero attached hydrogens (tertiary/aromatic N) is 3. The summed E-state index contributed by atoms with van der Waals surface area (Å²) in [4.78, 5) is 18.5. The van der Waals surface area contributed by atoms with E-state index in [-0.39, 0.29) is 12.1 Å². The molecule has 5 nitrogen and oxygen atoms in total. The SMILES string of the molecule is CCCCCN(C(N)=O)C(CCn1ccnc1)CCC12CC3CC(CC(C3)C1)C2. The van der Waals surface area contributed by atoms with Crippen molar-refractivity contribution in [3.8, 4) is 0 Å². The number of carbonyl (C=O) groups excluding carboxylic acids is 1. The molecule has 0 radical (unpaired) electrons. The number of aryl methyl sites for hydroxylation is 1. The monoisotopic (exact) mass is 400 g/mol. The fourth-order valence-corrected chi connectivity index (χ4v) is 7.25. The van der Waals surface area contributed by atoms with Crippen molar-refractivity contribution in [2.45, 2.75) is 96.6 Å². The highest BCUT2D eigenvalue weighted by atomic mass is 16.2. The maximum atomic E-state index is 12.3. The highest BCUT2D eigenvalue weighted by Gasteiger charge is 2.50. The van der Waals surface area contributed by atoms with Gasteiger partial charge in [-0.2, -0.15) is 0 Å². The summed E-state index contributed by atoms with van der Waals surface area (Å²) in [7, 11) is 0. The summed E-state index contributed by atoms with van der Waals surface area (Å²) in [6.45, 7) is 3.92. The highest BCUT2D eigenvalue weighted by Crippen LogP contribution is 2.61. The molecule has 1 heterocycles. The standard InChI is InChI=1S/C24H40N4O/c1-2-3-4-9-28(23(25)29)22(6-10-27-11-8-26-18-27)5-7-24-15-19-12-20(16-24)14-21(13-19)17-24/h8,11,18-22H,2-7,9-10,12-17H2,1H3,(H2,25,29). The van der Waals surface area contributed by atoms with Crippen molar-refractivity contribution in [1.29, 1.82) is 0 Å². The van der Waals surface area contributed by atoms with Crippen molar-refractivity contribution in [2.75, 3.05) is 6.54 Å². The van der Waals surface area contributed by atoms with Crippen LogP contribution in [0, 0.1) is 23.2 Å². The van der Waals surface area contributed by atoms with Gasteiger partial charge in [-0.1, -0.05) is 19.8 Å². The van der Waals surface area contributed by atoms with E-state index in [2.05, 4.69) is 16.5 Å². The van der Waals surface area contributed by atoms with Gasteiger partial charge in [-0.25, -0.2) is 9.78 Å². The normalized spacial score (nSPS) is 31.1. The fourth-order valence-electron chi connectivity index (χ4n) is 7.25. The van der Waals surface area contributed by atoms with Gasteiger partial charge in [0.25, 0.3) is 0 Å². The molecule has 5 heteroatoms. The minimum absolute atomic E-state index is 0.234. The lowest BCUT2D eigenvalue weighted by atomic mass is 9.48. The predicted molar refractivity (Wildman–Crippen MR) is 116 cm³/mol. The molecule has 5 rings (SSSR count). The summed E-state index contributed by atoms with van der Waals surface area (Å²) in [6.07, 6.45) is 21.3. The Bertz CT molecular complexity index is 621. The molecule has 4 aliphatic rings. The third kappa shape index (κ3) is 4.97. The van der Waals surface area contributed by atoms with E-state index in [1.807, 2.05) is 23.6 Å². The average Bonchev–Trinajstić information content (AvgIpc) is 3.18. The molecule has 0 aromatic carbocycles. The van der Waals surface area contributed by atoms with Crippen LogP contribution in [-0.4, -0.2) is 33.1 Å². The van der Waals surface area contributed by atoms with E-state index in [4.69, 9.17) is 5.73 Å². The first-order valence-corrected chi connectivity index (χ1v) is 12.1. The summed E-state index contributed by atoms with van der Waals surface area (Å²) in [5, 5.41) is 0. The van der Waals surface area contributed by atoms with Crippen molar-refractivity contribution < 1.29 is 4.79 Å². The van der Waals surface area contributed by atoms with Crippen molar-refractivity contribution >= 4 is 6.03 Å². The number of carbonyl (C=O) groups is 1. The molecule has 4 saturated carbocycles. The van der Waals surface area contributed by atoms with Crippen molar-refractivity contribution in [1.82, 2.24) is 14.5 Å². The van der Waals surface area contributed by atoms with Crippen molar-refractivity contribution in [3.63, 3.8) is 0 Å². The van der Waals surface area contributed by atoms with Gasteiger partial charge < -0.3 is 15.2 Å². The van der Waals surface area contributed by atoms with Crippen LogP contribution in [-0.2, 0) is 6.54 Å². The number of urea groups is 1. The Hall–Kier alpha value is -1.52. The molecule has 29 heavy (non-hydrogen) atoms. The molecular formula is C24H40N4O. The largest absolute Gasteiger partial charge is 0.351 e. The van der Waals surface area contributed by atoms with Crippen LogP contribution in [0.3, 0.4) is 0 Å². The third-order valence-corrected chi connectivity index (χ3v) is 8.18. The number of hydrogen-bond acceptors (Lipinski definition) is 2. The molecule has 2 amide bonds. The predicted octanol–water partition coefficient (Wildman–Crippen LogP) is 5.21. The van der Waals surface area contributed by atoms with Gasteiger partial charge >= 0.3 is 6.03 Å². The smallest absolute Gasteiger partial charge is 0.315 e. The van der Waals surface area contributed by atoms with Gasteiger partial charge in [-0.05, 0) is 87.4 Å². The van der Waals surface area contributed by atoms with Gasteiger partial charge in [0.1, 0.15) is 0 Å². The maximum absolute atomic E-state index is 12.3. The van der Waals surface area contributed by atoms with E-state index >= 15 is 0 Å².